The summed E-state index contributed by atoms with van der Waals surface area (Å²) in [5.74, 6) is 0.196. The molecule has 1 aliphatic rings. The van der Waals surface area contributed by atoms with Gasteiger partial charge in [0.05, 0.1) is 6.04 Å². The van der Waals surface area contributed by atoms with E-state index < -0.39 is 0 Å². The zero-order chi connectivity index (χ0) is 13.1. The van der Waals surface area contributed by atoms with Crippen molar-refractivity contribution in [2.45, 2.75) is 36.2 Å². The van der Waals surface area contributed by atoms with Crippen LogP contribution in [0.3, 0.4) is 0 Å². The Labute approximate surface area is 113 Å². The molecule has 1 aromatic rings. The highest BCUT2D eigenvalue weighted by Crippen LogP contribution is 2.29. The topological polar surface area (TPSA) is 46.3 Å². The standard InChI is InChI=1S/C14H20N2OS/c1-16-13(17)5-3-4-12(15)14(16)10-6-8-11(18-2)9-7-10/h6-9,12,14H,3-5,15H2,1-2H3. The van der Waals surface area contributed by atoms with Crippen molar-refractivity contribution in [3.8, 4) is 0 Å². The quantitative estimate of drug-likeness (QED) is 0.834. The Morgan fingerprint density at radius 3 is 2.61 bits per heavy atom. The lowest BCUT2D eigenvalue weighted by Crippen LogP contribution is -2.39. The summed E-state index contributed by atoms with van der Waals surface area (Å²) in [5, 5.41) is 0. The Bertz CT molecular complexity index is 418. The summed E-state index contributed by atoms with van der Waals surface area (Å²) >= 11 is 1.72. The van der Waals surface area contributed by atoms with Gasteiger partial charge in [0.2, 0.25) is 5.91 Å². The molecule has 1 aromatic carbocycles. The van der Waals surface area contributed by atoms with E-state index in [0.29, 0.717) is 6.42 Å². The molecule has 2 rings (SSSR count). The van der Waals surface area contributed by atoms with Crippen LogP contribution in [-0.4, -0.2) is 30.2 Å². The highest BCUT2D eigenvalue weighted by atomic mass is 32.2. The van der Waals surface area contributed by atoms with Crippen molar-refractivity contribution in [2.75, 3.05) is 13.3 Å². The highest BCUT2D eigenvalue weighted by molar-refractivity contribution is 7.98. The molecule has 2 unspecified atom stereocenters. The van der Waals surface area contributed by atoms with Crippen LogP contribution in [0, 0.1) is 0 Å². The number of carbonyl (C=O) groups is 1. The van der Waals surface area contributed by atoms with E-state index in [0.717, 1.165) is 18.4 Å². The van der Waals surface area contributed by atoms with Crippen molar-refractivity contribution in [1.82, 2.24) is 4.90 Å². The van der Waals surface area contributed by atoms with Gasteiger partial charge in [-0.05, 0) is 36.8 Å². The second kappa shape index (κ2) is 5.76. The first kappa shape index (κ1) is 13.4. The first-order valence-electron chi connectivity index (χ1n) is 6.28. The molecule has 0 aromatic heterocycles. The van der Waals surface area contributed by atoms with E-state index in [-0.39, 0.29) is 18.0 Å². The lowest BCUT2D eigenvalue weighted by atomic mass is 9.97. The van der Waals surface area contributed by atoms with Crippen LogP contribution < -0.4 is 5.73 Å². The van der Waals surface area contributed by atoms with Crippen molar-refractivity contribution in [2.24, 2.45) is 5.73 Å². The SMILES string of the molecule is CSc1ccc(C2C(N)CCCC(=O)N2C)cc1. The largest absolute Gasteiger partial charge is 0.337 e. The summed E-state index contributed by atoms with van der Waals surface area (Å²) in [5.41, 5.74) is 7.37. The third-order valence-electron chi connectivity index (χ3n) is 3.60. The van der Waals surface area contributed by atoms with E-state index in [1.54, 1.807) is 11.8 Å². The first-order valence-corrected chi connectivity index (χ1v) is 7.51. The van der Waals surface area contributed by atoms with Crippen LogP contribution in [0.25, 0.3) is 0 Å². The number of carbonyl (C=O) groups excluding carboxylic acids is 1. The fraction of sp³-hybridized carbons (Fsp3) is 0.500. The van der Waals surface area contributed by atoms with Crippen LogP contribution in [0.5, 0.6) is 0 Å². The average molecular weight is 264 g/mol. The predicted molar refractivity (Wildman–Crippen MR) is 75.6 cm³/mol. The minimum atomic E-state index is 0.0101. The number of likely N-dealkylation sites (N-methyl/N-ethyl adjacent to an activating group) is 1. The summed E-state index contributed by atoms with van der Waals surface area (Å²) in [7, 11) is 1.86. The smallest absolute Gasteiger partial charge is 0.222 e. The summed E-state index contributed by atoms with van der Waals surface area (Å²) < 4.78 is 0. The van der Waals surface area contributed by atoms with Crippen molar-refractivity contribution >= 4 is 17.7 Å². The van der Waals surface area contributed by atoms with E-state index in [1.807, 2.05) is 11.9 Å². The Kier molecular flexibility index (Phi) is 4.30. The van der Waals surface area contributed by atoms with E-state index >= 15 is 0 Å². The summed E-state index contributed by atoms with van der Waals surface area (Å²) in [6.07, 6.45) is 4.47. The molecule has 0 saturated carbocycles. The third-order valence-corrected chi connectivity index (χ3v) is 4.35. The van der Waals surface area contributed by atoms with Gasteiger partial charge < -0.3 is 10.6 Å². The molecule has 4 heteroatoms. The number of thioether (sulfide) groups is 1. The van der Waals surface area contributed by atoms with Gasteiger partial charge in [-0.3, -0.25) is 4.79 Å². The number of hydrogen-bond acceptors (Lipinski definition) is 3. The fourth-order valence-electron chi connectivity index (χ4n) is 2.54. The predicted octanol–water partition coefficient (Wildman–Crippen LogP) is 2.42. The molecule has 2 N–H and O–H groups in total. The maximum absolute atomic E-state index is 11.9. The van der Waals surface area contributed by atoms with Crippen molar-refractivity contribution < 1.29 is 4.79 Å². The number of likely N-dealkylation sites (tertiary alicyclic amines) is 1. The van der Waals surface area contributed by atoms with Crippen LogP contribution >= 0.6 is 11.8 Å². The van der Waals surface area contributed by atoms with Crippen molar-refractivity contribution in [1.29, 1.82) is 0 Å². The Balaban J connectivity index is 2.29. The molecule has 0 bridgehead atoms. The van der Waals surface area contributed by atoms with Crippen LogP contribution in [0.4, 0.5) is 0 Å². The minimum absolute atomic E-state index is 0.0101. The minimum Gasteiger partial charge on any atom is -0.337 e. The number of hydrogen-bond donors (Lipinski definition) is 1. The van der Waals surface area contributed by atoms with Crippen LogP contribution in [0.1, 0.15) is 30.9 Å². The van der Waals surface area contributed by atoms with Gasteiger partial charge >= 0.3 is 0 Å². The molecular formula is C14H20N2OS. The van der Waals surface area contributed by atoms with Gasteiger partial charge in [-0.2, -0.15) is 0 Å². The molecule has 18 heavy (non-hydrogen) atoms. The number of amides is 1. The van der Waals surface area contributed by atoms with E-state index in [9.17, 15) is 4.79 Å². The molecule has 3 nitrogen and oxygen atoms in total. The zero-order valence-corrected chi connectivity index (χ0v) is 11.7. The molecule has 0 radical (unpaired) electrons. The van der Waals surface area contributed by atoms with Gasteiger partial charge in [0, 0.05) is 24.4 Å². The van der Waals surface area contributed by atoms with Gasteiger partial charge in [0.25, 0.3) is 0 Å². The number of nitrogens with zero attached hydrogens (tertiary/aromatic N) is 1. The first-order chi connectivity index (χ1) is 8.63. The lowest BCUT2D eigenvalue weighted by Gasteiger charge is -2.30. The molecule has 1 fully saturated rings. The number of nitrogens with two attached hydrogens (primary N) is 1. The Hall–Kier alpha value is -1.00. The molecule has 0 aliphatic carbocycles. The van der Waals surface area contributed by atoms with Gasteiger partial charge in [0.1, 0.15) is 0 Å². The number of benzene rings is 1. The second-order valence-corrected chi connectivity index (χ2v) is 5.66. The molecule has 98 valence electrons. The molecule has 0 spiro atoms. The zero-order valence-electron chi connectivity index (χ0n) is 10.9. The molecular weight excluding hydrogens is 244 g/mol. The lowest BCUT2D eigenvalue weighted by molar-refractivity contribution is -0.131. The molecule has 1 heterocycles. The summed E-state index contributed by atoms with van der Waals surface area (Å²) in [6, 6.07) is 8.40. The molecule has 2 atom stereocenters. The monoisotopic (exact) mass is 264 g/mol. The molecule has 1 amide bonds. The Morgan fingerprint density at radius 1 is 1.33 bits per heavy atom. The third kappa shape index (κ3) is 2.70. The van der Waals surface area contributed by atoms with E-state index in [2.05, 4.69) is 30.5 Å². The van der Waals surface area contributed by atoms with Gasteiger partial charge in [-0.1, -0.05) is 12.1 Å². The maximum atomic E-state index is 11.9. The van der Waals surface area contributed by atoms with Crippen molar-refractivity contribution in [3.63, 3.8) is 0 Å². The fourth-order valence-corrected chi connectivity index (χ4v) is 2.95. The van der Waals surface area contributed by atoms with Crippen LogP contribution in [0.2, 0.25) is 0 Å². The molecule has 1 aliphatic heterocycles. The highest BCUT2D eigenvalue weighted by Gasteiger charge is 2.30. The average Bonchev–Trinajstić information content (AvgIpc) is 2.50. The normalized spacial score (nSPS) is 25.1. The van der Waals surface area contributed by atoms with Crippen molar-refractivity contribution in [3.05, 3.63) is 29.8 Å². The van der Waals surface area contributed by atoms with Gasteiger partial charge in [0.15, 0.2) is 0 Å². The van der Waals surface area contributed by atoms with Crippen LogP contribution in [0.15, 0.2) is 29.2 Å². The second-order valence-electron chi connectivity index (χ2n) is 4.78. The van der Waals surface area contributed by atoms with Gasteiger partial charge in [-0.15, -0.1) is 11.8 Å². The van der Waals surface area contributed by atoms with Gasteiger partial charge in [-0.25, -0.2) is 0 Å². The Morgan fingerprint density at radius 2 is 2.00 bits per heavy atom. The number of rotatable bonds is 2. The van der Waals surface area contributed by atoms with E-state index in [1.165, 1.54) is 4.90 Å². The maximum Gasteiger partial charge on any atom is 0.222 e. The summed E-state index contributed by atoms with van der Waals surface area (Å²) in [6.45, 7) is 0. The van der Waals surface area contributed by atoms with E-state index in [4.69, 9.17) is 5.73 Å². The van der Waals surface area contributed by atoms with Crippen LogP contribution in [-0.2, 0) is 4.79 Å². The summed E-state index contributed by atoms with van der Waals surface area (Å²) in [4.78, 5) is 15.0. The molecule has 1 saturated heterocycles.